The predicted octanol–water partition coefficient (Wildman–Crippen LogP) is 8.54. The van der Waals surface area contributed by atoms with Crippen molar-refractivity contribution >= 4 is 5.97 Å². The maximum absolute atomic E-state index is 11.9. The lowest BCUT2D eigenvalue weighted by molar-refractivity contribution is -0.139. The molecule has 0 saturated carbocycles. The van der Waals surface area contributed by atoms with Gasteiger partial charge < -0.3 is 4.74 Å². The summed E-state index contributed by atoms with van der Waals surface area (Å²) in [5, 5.41) is 0. The molecule has 2 nitrogen and oxygen atoms in total. The number of carbonyl (C=O) groups is 1. The standard InChI is InChI=1S/C25H48O2/c1-4-6-8-10-12-13-14-15-16-18-20-22-24(3)25(26)27-23-21-19-17-11-9-7-5-2/h22H,4-21,23H2,1-3H3. The van der Waals surface area contributed by atoms with Crippen molar-refractivity contribution in [1.29, 1.82) is 0 Å². The predicted molar refractivity (Wildman–Crippen MR) is 119 cm³/mol. The van der Waals surface area contributed by atoms with Crippen LogP contribution in [0.3, 0.4) is 0 Å². The summed E-state index contributed by atoms with van der Waals surface area (Å²) in [7, 11) is 0. The van der Waals surface area contributed by atoms with Gasteiger partial charge in [-0.2, -0.15) is 0 Å². The number of hydrogen-bond donors (Lipinski definition) is 0. The highest BCUT2D eigenvalue weighted by Gasteiger charge is 2.04. The van der Waals surface area contributed by atoms with Crippen molar-refractivity contribution in [3.8, 4) is 0 Å². The van der Waals surface area contributed by atoms with Crippen LogP contribution >= 0.6 is 0 Å². The van der Waals surface area contributed by atoms with E-state index in [9.17, 15) is 4.79 Å². The van der Waals surface area contributed by atoms with Crippen LogP contribution in [0.4, 0.5) is 0 Å². The minimum atomic E-state index is -0.118. The summed E-state index contributed by atoms with van der Waals surface area (Å²) in [5.41, 5.74) is 0.786. The zero-order valence-electron chi connectivity index (χ0n) is 18.8. The third-order valence-electron chi connectivity index (χ3n) is 5.31. The van der Waals surface area contributed by atoms with E-state index in [1.807, 2.05) is 6.92 Å². The molecule has 0 bridgehead atoms. The van der Waals surface area contributed by atoms with Gasteiger partial charge in [0.2, 0.25) is 0 Å². The number of rotatable bonds is 20. The zero-order valence-corrected chi connectivity index (χ0v) is 18.8. The lowest BCUT2D eigenvalue weighted by atomic mass is 10.1. The first-order valence-electron chi connectivity index (χ1n) is 12.1. The normalized spacial score (nSPS) is 11.7. The molecule has 160 valence electrons. The Bertz CT molecular complexity index is 346. The molecule has 0 aromatic heterocycles. The fourth-order valence-electron chi connectivity index (χ4n) is 3.37. The van der Waals surface area contributed by atoms with Crippen LogP contribution in [0.5, 0.6) is 0 Å². The van der Waals surface area contributed by atoms with E-state index in [0.29, 0.717) is 6.61 Å². The Morgan fingerprint density at radius 3 is 1.52 bits per heavy atom. The van der Waals surface area contributed by atoms with Crippen LogP contribution in [-0.2, 0) is 9.53 Å². The van der Waals surface area contributed by atoms with Gasteiger partial charge >= 0.3 is 5.97 Å². The molecule has 0 aromatic rings. The maximum Gasteiger partial charge on any atom is 0.333 e. The van der Waals surface area contributed by atoms with Gasteiger partial charge in [-0.25, -0.2) is 4.79 Å². The molecule has 0 amide bonds. The van der Waals surface area contributed by atoms with Crippen molar-refractivity contribution in [3.05, 3.63) is 11.6 Å². The van der Waals surface area contributed by atoms with E-state index in [-0.39, 0.29) is 5.97 Å². The van der Waals surface area contributed by atoms with Gasteiger partial charge in [0.25, 0.3) is 0 Å². The van der Waals surface area contributed by atoms with Gasteiger partial charge in [0, 0.05) is 5.57 Å². The number of carbonyl (C=O) groups excluding carboxylic acids is 1. The summed E-state index contributed by atoms with van der Waals surface area (Å²) in [6.07, 6.45) is 25.4. The van der Waals surface area contributed by atoms with Crippen LogP contribution in [0.2, 0.25) is 0 Å². The first-order chi connectivity index (χ1) is 13.2. The van der Waals surface area contributed by atoms with Gasteiger partial charge in [-0.05, 0) is 26.2 Å². The number of unbranched alkanes of at least 4 members (excludes halogenated alkanes) is 16. The van der Waals surface area contributed by atoms with Crippen molar-refractivity contribution < 1.29 is 9.53 Å². The first kappa shape index (κ1) is 26.2. The Hall–Kier alpha value is -0.790. The number of hydrogen-bond acceptors (Lipinski definition) is 2. The average Bonchev–Trinajstić information content (AvgIpc) is 2.67. The molecular formula is C25H48O2. The Morgan fingerprint density at radius 2 is 1.04 bits per heavy atom. The molecule has 0 aliphatic carbocycles. The Kier molecular flexibility index (Phi) is 20.9. The number of allylic oxidation sites excluding steroid dienone is 1. The van der Waals surface area contributed by atoms with E-state index in [2.05, 4.69) is 19.9 Å². The van der Waals surface area contributed by atoms with Gasteiger partial charge in [0.05, 0.1) is 6.61 Å². The molecule has 2 heteroatoms. The van der Waals surface area contributed by atoms with Crippen molar-refractivity contribution in [2.24, 2.45) is 0 Å². The van der Waals surface area contributed by atoms with Crippen LogP contribution in [0.1, 0.15) is 136 Å². The minimum Gasteiger partial charge on any atom is -0.462 e. The molecule has 0 radical (unpaired) electrons. The molecule has 0 heterocycles. The van der Waals surface area contributed by atoms with Crippen molar-refractivity contribution in [1.82, 2.24) is 0 Å². The van der Waals surface area contributed by atoms with Crippen LogP contribution in [0, 0.1) is 0 Å². The average molecular weight is 381 g/mol. The van der Waals surface area contributed by atoms with Gasteiger partial charge in [-0.1, -0.05) is 116 Å². The highest BCUT2D eigenvalue weighted by molar-refractivity contribution is 5.87. The smallest absolute Gasteiger partial charge is 0.333 e. The Labute approximate surface area is 170 Å². The molecule has 0 atom stereocenters. The number of ether oxygens (including phenoxy) is 1. The van der Waals surface area contributed by atoms with E-state index in [1.54, 1.807) is 0 Å². The molecule has 0 aliphatic heterocycles. The van der Waals surface area contributed by atoms with Crippen LogP contribution < -0.4 is 0 Å². The lowest BCUT2D eigenvalue weighted by Crippen LogP contribution is -2.07. The fourth-order valence-corrected chi connectivity index (χ4v) is 3.37. The van der Waals surface area contributed by atoms with Gasteiger partial charge in [-0.15, -0.1) is 0 Å². The number of esters is 1. The van der Waals surface area contributed by atoms with E-state index >= 15 is 0 Å². The molecular weight excluding hydrogens is 332 g/mol. The SMILES string of the molecule is CCCCCCCCCCCCC=C(C)C(=O)OCCCCCCCCC. The summed E-state index contributed by atoms with van der Waals surface area (Å²) in [5.74, 6) is -0.118. The van der Waals surface area contributed by atoms with Gasteiger partial charge in [0.1, 0.15) is 0 Å². The van der Waals surface area contributed by atoms with E-state index < -0.39 is 0 Å². The first-order valence-corrected chi connectivity index (χ1v) is 12.1. The molecule has 0 saturated heterocycles. The molecule has 0 fully saturated rings. The summed E-state index contributed by atoms with van der Waals surface area (Å²) < 4.78 is 5.37. The zero-order chi connectivity index (χ0) is 20.0. The molecule has 27 heavy (non-hydrogen) atoms. The second kappa shape index (κ2) is 21.5. The molecule has 0 unspecified atom stereocenters. The molecule has 0 N–H and O–H groups in total. The van der Waals surface area contributed by atoms with Crippen molar-refractivity contribution in [2.75, 3.05) is 6.61 Å². The van der Waals surface area contributed by atoms with Crippen LogP contribution in [-0.4, -0.2) is 12.6 Å². The van der Waals surface area contributed by atoms with E-state index in [0.717, 1.165) is 18.4 Å². The lowest BCUT2D eigenvalue weighted by Gasteiger charge is -2.05. The second-order valence-corrected chi connectivity index (χ2v) is 8.12. The third-order valence-corrected chi connectivity index (χ3v) is 5.31. The summed E-state index contributed by atoms with van der Waals surface area (Å²) in [6, 6.07) is 0. The fraction of sp³-hybridized carbons (Fsp3) is 0.880. The second-order valence-electron chi connectivity index (χ2n) is 8.12. The summed E-state index contributed by atoms with van der Waals surface area (Å²) >= 11 is 0. The van der Waals surface area contributed by atoms with Gasteiger partial charge in [-0.3, -0.25) is 0 Å². The molecule has 0 aliphatic rings. The maximum atomic E-state index is 11.9. The topological polar surface area (TPSA) is 26.3 Å². The molecule has 0 spiro atoms. The Morgan fingerprint density at radius 1 is 0.630 bits per heavy atom. The molecule has 0 aromatic carbocycles. The van der Waals surface area contributed by atoms with Gasteiger partial charge in [0.15, 0.2) is 0 Å². The molecule has 0 rings (SSSR count). The van der Waals surface area contributed by atoms with Crippen molar-refractivity contribution in [2.45, 2.75) is 136 Å². The minimum absolute atomic E-state index is 0.118. The van der Waals surface area contributed by atoms with Crippen LogP contribution in [0.15, 0.2) is 11.6 Å². The summed E-state index contributed by atoms with van der Waals surface area (Å²) in [6.45, 7) is 6.98. The monoisotopic (exact) mass is 380 g/mol. The van der Waals surface area contributed by atoms with E-state index in [4.69, 9.17) is 4.74 Å². The third kappa shape index (κ3) is 19.8. The van der Waals surface area contributed by atoms with Crippen molar-refractivity contribution in [3.63, 3.8) is 0 Å². The highest BCUT2D eigenvalue weighted by Crippen LogP contribution is 2.12. The van der Waals surface area contributed by atoms with E-state index in [1.165, 1.54) is 103 Å². The van der Waals surface area contributed by atoms with Crippen LogP contribution in [0.25, 0.3) is 0 Å². The largest absolute Gasteiger partial charge is 0.462 e. The Balaban J connectivity index is 3.43. The highest BCUT2D eigenvalue weighted by atomic mass is 16.5. The summed E-state index contributed by atoms with van der Waals surface area (Å²) in [4.78, 5) is 11.9. The quantitative estimate of drug-likeness (QED) is 0.120.